The van der Waals surface area contributed by atoms with Crippen molar-refractivity contribution in [1.82, 2.24) is 0 Å². The van der Waals surface area contributed by atoms with Crippen molar-refractivity contribution in [2.45, 2.75) is 11.8 Å². The molecule has 0 amide bonds. The average molecular weight is 356 g/mol. The first-order valence-electron chi connectivity index (χ1n) is 6.45. The first kappa shape index (κ1) is 17.1. The van der Waals surface area contributed by atoms with Crippen LogP contribution in [0.2, 0.25) is 5.02 Å². The Balaban J connectivity index is 2.50. The van der Waals surface area contributed by atoms with Gasteiger partial charge in [-0.05, 0) is 48.9 Å². The van der Waals surface area contributed by atoms with Gasteiger partial charge in [-0.3, -0.25) is 4.72 Å². The number of hydrogen-bond donors (Lipinski definition) is 2. The third kappa shape index (κ3) is 3.75. The van der Waals surface area contributed by atoms with Gasteiger partial charge in [0.1, 0.15) is 10.6 Å². The summed E-state index contributed by atoms with van der Waals surface area (Å²) < 4.78 is 32.6. The van der Waals surface area contributed by atoms with Crippen LogP contribution in [0.1, 0.15) is 15.9 Å². The van der Waals surface area contributed by atoms with E-state index in [0.29, 0.717) is 16.3 Å². The van der Waals surface area contributed by atoms with Gasteiger partial charge in [-0.1, -0.05) is 11.6 Å². The van der Waals surface area contributed by atoms with E-state index in [9.17, 15) is 13.2 Å². The molecule has 23 heavy (non-hydrogen) atoms. The molecule has 2 aromatic carbocycles. The molecule has 0 radical (unpaired) electrons. The number of ether oxygens (including phenoxy) is 1. The molecule has 0 aliphatic carbocycles. The molecule has 0 aliphatic heterocycles. The number of aryl methyl sites for hydroxylation is 1. The molecule has 122 valence electrons. The number of methoxy groups -OCH3 is 1. The van der Waals surface area contributed by atoms with Gasteiger partial charge in [-0.25, -0.2) is 13.2 Å². The van der Waals surface area contributed by atoms with Gasteiger partial charge in [0.05, 0.1) is 18.4 Å². The minimum Gasteiger partial charge on any atom is -0.495 e. The third-order valence-corrected chi connectivity index (χ3v) is 4.75. The summed E-state index contributed by atoms with van der Waals surface area (Å²) in [6.45, 7) is 1.70. The Hall–Kier alpha value is -2.25. The lowest BCUT2D eigenvalue weighted by atomic mass is 10.2. The van der Waals surface area contributed by atoms with Gasteiger partial charge in [0.25, 0.3) is 10.0 Å². The van der Waals surface area contributed by atoms with Crippen LogP contribution >= 0.6 is 11.6 Å². The van der Waals surface area contributed by atoms with Crippen molar-refractivity contribution in [2.75, 3.05) is 11.8 Å². The van der Waals surface area contributed by atoms with E-state index in [-0.39, 0.29) is 16.2 Å². The number of hydrogen-bond acceptors (Lipinski definition) is 4. The molecule has 0 atom stereocenters. The molecule has 2 aromatic rings. The number of halogens is 1. The van der Waals surface area contributed by atoms with Crippen LogP contribution in [-0.4, -0.2) is 26.6 Å². The van der Waals surface area contributed by atoms with Gasteiger partial charge in [-0.15, -0.1) is 0 Å². The lowest BCUT2D eigenvalue weighted by Gasteiger charge is -2.14. The van der Waals surface area contributed by atoms with E-state index in [1.807, 2.05) is 0 Å². The van der Waals surface area contributed by atoms with Gasteiger partial charge in [0.15, 0.2) is 0 Å². The number of rotatable bonds is 5. The van der Waals surface area contributed by atoms with E-state index in [1.54, 1.807) is 19.1 Å². The molecule has 0 unspecified atom stereocenters. The fourth-order valence-electron chi connectivity index (χ4n) is 1.96. The molecule has 0 aliphatic rings. The highest BCUT2D eigenvalue weighted by molar-refractivity contribution is 7.92. The third-order valence-electron chi connectivity index (χ3n) is 3.13. The maximum atomic E-state index is 12.6. The Kier molecular flexibility index (Phi) is 4.82. The predicted molar refractivity (Wildman–Crippen MR) is 87.0 cm³/mol. The number of carboxylic acids is 1. The van der Waals surface area contributed by atoms with E-state index in [0.717, 1.165) is 6.07 Å². The second-order valence-corrected chi connectivity index (χ2v) is 6.82. The quantitative estimate of drug-likeness (QED) is 0.859. The molecular formula is C15H14ClNO5S. The number of aromatic carboxylic acids is 1. The molecule has 0 fully saturated rings. The Labute approximate surface area is 138 Å². The molecule has 0 heterocycles. The van der Waals surface area contributed by atoms with Crippen molar-refractivity contribution in [3.05, 3.63) is 52.5 Å². The number of benzene rings is 2. The average Bonchev–Trinajstić information content (AvgIpc) is 2.49. The topological polar surface area (TPSA) is 92.7 Å². The Morgan fingerprint density at radius 1 is 1.22 bits per heavy atom. The van der Waals surface area contributed by atoms with Crippen LogP contribution in [0.3, 0.4) is 0 Å². The lowest BCUT2D eigenvalue weighted by Crippen LogP contribution is -2.15. The highest BCUT2D eigenvalue weighted by Gasteiger charge is 2.22. The van der Waals surface area contributed by atoms with Crippen LogP contribution in [-0.2, 0) is 10.0 Å². The molecule has 6 nitrogen and oxygen atoms in total. The number of carbonyl (C=O) groups is 1. The zero-order valence-electron chi connectivity index (χ0n) is 12.3. The standard InChI is InChI=1S/C15H14ClNO5S/c1-9-7-11(16)4-5-12(9)17-23(20,21)14-8-10(15(18)19)3-6-13(14)22-2/h3-8,17H,1-2H3,(H,18,19). The minimum atomic E-state index is -4.03. The molecule has 0 saturated heterocycles. The summed E-state index contributed by atoms with van der Waals surface area (Å²) in [5.41, 5.74) is 0.825. The summed E-state index contributed by atoms with van der Waals surface area (Å²) in [7, 11) is -2.72. The second kappa shape index (κ2) is 6.47. The Morgan fingerprint density at radius 3 is 2.48 bits per heavy atom. The van der Waals surface area contributed by atoms with Crippen molar-refractivity contribution in [1.29, 1.82) is 0 Å². The van der Waals surface area contributed by atoms with Crippen LogP contribution in [0.25, 0.3) is 0 Å². The summed E-state index contributed by atoms with van der Waals surface area (Å²) >= 11 is 5.85. The fraction of sp³-hybridized carbons (Fsp3) is 0.133. The number of sulfonamides is 1. The van der Waals surface area contributed by atoms with Crippen LogP contribution in [0.15, 0.2) is 41.3 Å². The molecule has 0 spiro atoms. The van der Waals surface area contributed by atoms with Gasteiger partial charge < -0.3 is 9.84 Å². The summed E-state index contributed by atoms with van der Waals surface area (Å²) in [6, 6.07) is 8.32. The molecular weight excluding hydrogens is 342 g/mol. The fourth-order valence-corrected chi connectivity index (χ4v) is 3.51. The van der Waals surface area contributed by atoms with Gasteiger partial charge in [0, 0.05) is 5.02 Å². The second-order valence-electron chi connectivity index (χ2n) is 4.74. The Bertz CT molecular complexity index is 864. The van der Waals surface area contributed by atoms with E-state index >= 15 is 0 Å². The van der Waals surface area contributed by atoms with Crippen molar-refractivity contribution in [3.8, 4) is 5.75 Å². The van der Waals surface area contributed by atoms with Gasteiger partial charge >= 0.3 is 5.97 Å². The zero-order chi connectivity index (χ0) is 17.2. The van der Waals surface area contributed by atoms with Crippen molar-refractivity contribution in [2.24, 2.45) is 0 Å². The molecule has 0 saturated carbocycles. The predicted octanol–water partition coefficient (Wildman–Crippen LogP) is 3.16. The van der Waals surface area contributed by atoms with Gasteiger partial charge in [0.2, 0.25) is 0 Å². The summed E-state index contributed by atoms with van der Waals surface area (Å²) in [5, 5.41) is 9.51. The summed E-state index contributed by atoms with van der Waals surface area (Å²) in [5.74, 6) is -1.18. The molecule has 0 bridgehead atoms. The molecule has 0 aromatic heterocycles. The van der Waals surface area contributed by atoms with Gasteiger partial charge in [-0.2, -0.15) is 0 Å². The molecule has 8 heteroatoms. The first-order valence-corrected chi connectivity index (χ1v) is 8.31. The van der Waals surface area contributed by atoms with Crippen molar-refractivity contribution in [3.63, 3.8) is 0 Å². The van der Waals surface area contributed by atoms with E-state index in [1.165, 1.54) is 25.3 Å². The maximum absolute atomic E-state index is 12.6. The van der Waals surface area contributed by atoms with Crippen molar-refractivity contribution < 1.29 is 23.1 Å². The minimum absolute atomic E-state index is 0.0501. The smallest absolute Gasteiger partial charge is 0.335 e. The van der Waals surface area contributed by atoms with E-state index in [4.69, 9.17) is 21.4 Å². The Morgan fingerprint density at radius 2 is 1.91 bits per heavy atom. The monoisotopic (exact) mass is 355 g/mol. The van der Waals surface area contributed by atoms with Crippen molar-refractivity contribution >= 4 is 33.3 Å². The zero-order valence-corrected chi connectivity index (χ0v) is 13.9. The SMILES string of the molecule is COc1ccc(C(=O)O)cc1S(=O)(=O)Nc1ccc(Cl)cc1C. The highest BCUT2D eigenvalue weighted by atomic mass is 35.5. The summed E-state index contributed by atoms with van der Waals surface area (Å²) in [4.78, 5) is 10.8. The largest absolute Gasteiger partial charge is 0.495 e. The summed E-state index contributed by atoms with van der Waals surface area (Å²) in [6.07, 6.45) is 0. The first-order chi connectivity index (χ1) is 10.7. The maximum Gasteiger partial charge on any atom is 0.335 e. The number of anilines is 1. The molecule has 2 rings (SSSR count). The lowest BCUT2D eigenvalue weighted by molar-refractivity contribution is 0.0696. The van der Waals surface area contributed by atoms with E-state index in [2.05, 4.69) is 4.72 Å². The van der Waals surface area contributed by atoms with Crippen LogP contribution in [0.4, 0.5) is 5.69 Å². The number of carboxylic acid groups (broad SMARTS) is 1. The van der Waals surface area contributed by atoms with Crippen LogP contribution in [0, 0.1) is 6.92 Å². The number of nitrogens with one attached hydrogen (secondary N) is 1. The highest BCUT2D eigenvalue weighted by Crippen LogP contribution is 2.28. The van der Waals surface area contributed by atoms with Crippen LogP contribution in [0.5, 0.6) is 5.75 Å². The van der Waals surface area contributed by atoms with E-state index < -0.39 is 16.0 Å². The normalized spacial score (nSPS) is 11.1. The van der Waals surface area contributed by atoms with Crippen LogP contribution < -0.4 is 9.46 Å². The molecule has 2 N–H and O–H groups in total.